The van der Waals surface area contributed by atoms with Crippen LogP contribution < -0.4 is 0 Å². The summed E-state index contributed by atoms with van der Waals surface area (Å²) in [6, 6.07) is 0. The first-order valence-corrected chi connectivity index (χ1v) is 12.6. The number of carbonyl (C=O) groups excluding carboxylic acids is 1. The second-order valence-electron chi connectivity index (χ2n) is 12.1. The van der Waals surface area contributed by atoms with Crippen molar-refractivity contribution in [2.45, 2.75) is 111 Å². The van der Waals surface area contributed by atoms with Crippen molar-refractivity contribution in [2.75, 3.05) is 0 Å². The average Bonchev–Trinajstić information content (AvgIpc) is 2.93. The van der Waals surface area contributed by atoms with Crippen LogP contribution >= 0.6 is 0 Å². The van der Waals surface area contributed by atoms with Gasteiger partial charge >= 0.3 is 0 Å². The first kappa shape index (κ1) is 21.6. The van der Waals surface area contributed by atoms with E-state index < -0.39 is 0 Å². The lowest BCUT2D eigenvalue weighted by molar-refractivity contribution is -0.115. The number of aliphatic hydroxyl groups is 1. The molecule has 0 spiro atoms. The van der Waals surface area contributed by atoms with Gasteiger partial charge in [-0.3, -0.25) is 4.79 Å². The van der Waals surface area contributed by atoms with Crippen LogP contribution in [0.25, 0.3) is 0 Å². The van der Waals surface area contributed by atoms with Gasteiger partial charge in [0.1, 0.15) is 0 Å². The molecule has 0 aromatic rings. The molecule has 0 aliphatic heterocycles. The van der Waals surface area contributed by atoms with Gasteiger partial charge in [-0.1, -0.05) is 59.5 Å². The number of aliphatic hydroxyl groups excluding tert-OH is 1. The minimum absolute atomic E-state index is 0.0969. The summed E-state index contributed by atoms with van der Waals surface area (Å²) >= 11 is 0. The van der Waals surface area contributed by atoms with Gasteiger partial charge in [0.05, 0.1) is 6.10 Å². The highest BCUT2D eigenvalue weighted by molar-refractivity contribution is 6.00. The van der Waals surface area contributed by atoms with Crippen LogP contribution in [-0.2, 0) is 4.79 Å². The van der Waals surface area contributed by atoms with E-state index >= 15 is 0 Å². The molecule has 29 heavy (non-hydrogen) atoms. The number of fused-ring (bicyclic) bond motifs is 4. The molecule has 3 fully saturated rings. The monoisotopic (exact) mass is 400 g/mol. The predicted molar refractivity (Wildman–Crippen MR) is 120 cm³/mol. The molecule has 4 aliphatic rings. The van der Waals surface area contributed by atoms with Gasteiger partial charge < -0.3 is 5.11 Å². The van der Waals surface area contributed by atoms with Crippen molar-refractivity contribution in [1.82, 2.24) is 0 Å². The van der Waals surface area contributed by atoms with E-state index in [9.17, 15) is 9.90 Å². The Bertz CT molecular complexity index is 676. The van der Waals surface area contributed by atoms with Crippen LogP contribution in [0, 0.1) is 40.4 Å². The lowest BCUT2D eigenvalue weighted by atomic mass is 9.48. The van der Waals surface area contributed by atoms with Crippen molar-refractivity contribution in [3.05, 3.63) is 11.1 Å². The van der Waals surface area contributed by atoms with E-state index in [1.165, 1.54) is 44.1 Å². The Balaban J connectivity index is 1.59. The maximum absolute atomic E-state index is 13.4. The van der Waals surface area contributed by atoms with Crippen LogP contribution in [0.2, 0.25) is 0 Å². The minimum Gasteiger partial charge on any atom is -0.393 e. The Morgan fingerprint density at radius 3 is 2.55 bits per heavy atom. The van der Waals surface area contributed by atoms with Crippen molar-refractivity contribution >= 4 is 5.78 Å². The van der Waals surface area contributed by atoms with Gasteiger partial charge in [0.25, 0.3) is 0 Å². The smallest absolute Gasteiger partial charge is 0.159 e. The standard InChI is InChI=1S/C27H44O2/c1-17(2)7-6-8-18(3)23-16-24(29)25-21-10-9-19-15-20(28)11-13-26(19,4)22(21)12-14-27(23,25)5/h17-20,22-23,28H,6-16H2,1-5H3/t18?,19-,20-,22?,23+,26-,27+/m0/s1. The van der Waals surface area contributed by atoms with E-state index in [1.807, 2.05) is 0 Å². The topological polar surface area (TPSA) is 37.3 Å². The zero-order chi connectivity index (χ0) is 21.0. The molecule has 0 heterocycles. The van der Waals surface area contributed by atoms with Gasteiger partial charge in [0.2, 0.25) is 0 Å². The highest BCUT2D eigenvalue weighted by atomic mass is 16.3. The largest absolute Gasteiger partial charge is 0.393 e. The lowest BCUT2D eigenvalue weighted by Crippen LogP contribution is -2.48. The van der Waals surface area contributed by atoms with Gasteiger partial charge in [-0.05, 0) is 85.4 Å². The fraction of sp³-hybridized carbons (Fsp3) is 0.889. The summed E-state index contributed by atoms with van der Waals surface area (Å²) in [5.74, 6) is 3.70. The Kier molecular flexibility index (Phi) is 5.82. The second-order valence-corrected chi connectivity index (χ2v) is 12.1. The third-order valence-electron chi connectivity index (χ3n) is 9.96. The molecule has 0 saturated heterocycles. The number of rotatable bonds is 5. The van der Waals surface area contributed by atoms with Crippen molar-refractivity contribution in [2.24, 2.45) is 40.4 Å². The van der Waals surface area contributed by atoms with Crippen molar-refractivity contribution < 1.29 is 9.90 Å². The summed E-state index contributed by atoms with van der Waals surface area (Å²) in [6.45, 7) is 12.0. The zero-order valence-corrected chi connectivity index (χ0v) is 19.6. The number of ketones is 1. The third kappa shape index (κ3) is 3.56. The zero-order valence-electron chi connectivity index (χ0n) is 19.6. The summed E-state index contributed by atoms with van der Waals surface area (Å²) < 4.78 is 0. The van der Waals surface area contributed by atoms with Crippen molar-refractivity contribution in [3.8, 4) is 0 Å². The molecule has 0 aromatic heterocycles. The quantitative estimate of drug-likeness (QED) is 0.556. The van der Waals surface area contributed by atoms with E-state index in [-0.39, 0.29) is 11.5 Å². The Labute approximate surface area is 178 Å². The van der Waals surface area contributed by atoms with Gasteiger partial charge in [-0.2, -0.15) is 0 Å². The fourth-order valence-corrected chi connectivity index (χ4v) is 8.22. The molecule has 2 nitrogen and oxygen atoms in total. The van der Waals surface area contributed by atoms with E-state index in [4.69, 9.17) is 0 Å². The molecule has 0 amide bonds. The van der Waals surface area contributed by atoms with Gasteiger partial charge in [-0.15, -0.1) is 0 Å². The lowest BCUT2D eigenvalue weighted by Gasteiger charge is -2.56. The number of hydrogen-bond acceptors (Lipinski definition) is 2. The molecule has 0 aromatic carbocycles. The average molecular weight is 401 g/mol. The van der Waals surface area contributed by atoms with Crippen molar-refractivity contribution in [1.29, 1.82) is 0 Å². The third-order valence-corrected chi connectivity index (χ3v) is 9.96. The van der Waals surface area contributed by atoms with Crippen LogP contribution in [0.3, 0.4) is 0 Å². The number of hydrogen-bond donors (Lipinski definition) is 1. The van der Waals surface area contributed by atoms with E-state index in [1.54, 1.807) is 5.57 Å². The second kappa shape index (κ2) is 7.81. The van der Waals surface area contributed by atoms with E-state index in [2.05, 4.69) is 34.6 Å². The molecule has 1 N–H and O–H groups in total. The molecule has 0 bridgehead atoms. The maximum Gasteiger partial charge on any atom is 0.159 e. The van der Waals surface area contributed by atoms with Crippen molar-refractivity contribution in [3.63, 3.8) is 0 Å². The van der Waals surface area contributed by atoms with Crippen LogP contribution in [-0.4, -0.2) is 17.0 Å². The molecule has 0 radical (unpaired) electrons. The summed E-state index contributed by atoms with van der Waals surface area (Å²) in [6.07, 6.45) is 12.4. The molecular weight excluding hydrogens is 356 g/mol. The SMILES string of the molecule is CC(C)CCCC(C)[C@H]1CC(=O)C2=C3CC[C@H]4C[C@@H](O)CC[C@]4(C)C3CC[C@@]21C. The number of carbonyl (C=O) groups is 1. The Morgan fingerprint density at radius 2 is 1.83 bits per heavy atom. The number of Topliss-reactive ketones (excluding diaryl/α,β-unsaturated/α-hetero) is 1. The highest BCUT2D eigenvalue weighted by Gasteiger charge is 2.57. The fourth-order valence-electron chi connectivity index (χ4n) is 8.22. The summed E-state index contributed by atoms with van der Waals surface area (Å²) in [5.41, 5.74) is 3.29. The normalized spacial score (nSPS) is 43.2. The molecule has 164 valence electrons. The van der Waals surface area contributed by atoms with Crippen LogP contribution in [0.5, 0.6) is 0 Å². The van der Waals surface area contributed by atoms with Gasteiger partial charge in [-0.25, -0.2) is 0 Å². The summed E-state index contributed by atoms with van der Waals surface area (Å²) in [7, 11) is 0. The van der Waals surface area contributed by atoms with Gasteiger partial charge in [0, 0.05) is 12.0 Å². The predicted octanol–water partition coefficient (Wildman–Crippen LogP) is 6.71. The maximum atomic E-state index is 13.4. The molecule has 2 heteroatoms. The Hall–Kier alpha value is -0.630. The molecule has 3 saturated carbocycles. The highest BCUT2D eigenvalue weighted by Crippen LogP contribution is 2.65. The summed E-state index contributed by atoms with van der Waals surface area (Å²) in [4.78, 5) is 13.4. The van der Waals surface area contributed by atoms with E-state index in [0.29, 0.717) is 34.9 Å². The molecule has 4 aliphatic carbocycles. The van der Waals surface area contributed by atoms with Gasteiger partial charge in [0.15, 0.2) is 5.78 Å². The van der Waals surface area contributed by atoms with Crippen LogP contribution in [0.4, 0.5) is 0 Å². The van der Waals surface area contributed by atoms with Crippen LogP contribution in [0.15, 0.2) is 11.1 Å². The first-order chi connectivity index (χ1) is 13.7. The number of allylic oxidation sites excluding steroid dienone is 2. The molecule has 4 rings (SSSR count). The minimum atomic E-state index is -0.0969. The molecular formula is C27H44O2. The summed E-state index contributed by atoms with van der Waals surface area (Å²) in [5, 5.41) is 10.2. The first-order valence-electron chi connectivity index (χ1n) is 12.6. The molecule has 2 unspecified atom stereocenters. The molecule has 7 atom stereocenters. The van der Waals surface area contributed by atoms with E-state index in [0.717, 1.165) is 38.0 Å². The Morgan fingerprint density at radius 1 is 1.07 bits per heavy atom. The van der Waals surface area contributed by atoms with Crippen LogP contribution in [0.1, 0.15) is 105 Å².